The van der Waals surface area contributed by atoms with Gasteiger partial charge in [-0.2, -0.15) is 0 Å². The molecular formula is C12H17N3O. The Bertz CT molecular complexity index is 399. The molecule has 1 aromatic heterocycles. The van der Waals surface area contributed by atoms with Crippen LogP contribution in [0, 0.1) is 0 Å². The number of rotatable bonds is 1. The van der Waals surface area contributed by atoms with Gasteiger partial charge in [0.1, 0.15) is 11.6 Å². The van der Waals surface area contributed by atoms with E-state index in [-0.39, 0.29) is 6.04 Å². The lowest BCUT2D eigenvalue weighted by atomic mass is 9.92. The Hall–Kier alpha value is -1.16. The zero-order valence-electron chi connectivity index (χ0n) is 9.43. The molecule has 0 N–H and O–H groups in total. The van der Waals surface area contributed by atoms with Gasteiger partial charge < -0.3 is 4.57 Å². The molecule has 1 aliphatic heterocycles. The predicted molar refractivity (Wildman–Crippen MR) is 59.9 cm³/mol. The average molecular weight is 219 g/mol. The zero-order chi connectivity index (χ0) is 11.0. The fraction of sp³-hybridized carbons (Fsp3) is 0.667. The molecule has 4 nitrogen and oxygen atoms in total. The molecule has 0 aromatic carbocycles. The van der Waals surface area contributed by atoms with Crippen molar-refractivity contribution in [2.75, 3.05) is 6.54 Å². The van der Waals surface area contributed by atoms with E-state index in [1.54, 1.807) is 0 Å². The summed E-state index contributed by atoms with van der Waals surface area (Å²) in [5.41, 5.74) is 0. The lowest BCUT2D eigenvalue weighted by Crippen LogP contribution is -2.46. The van der Waals surface area contributed by atoms with Gasteiger partial charge in [-0.1, -0.05) is 6.42 Å². The fourth-order valence-electron chi connectivity index (χ4n) is 2.81. The lowest BCUT2D eigenvalue weighted by Gasteiger charge is -2.35. The number of ketones is 1. The van der Waals surface area contributed by atoms with Crippen LogP contribution in [0.4, 0.5) is 0 Å². The van der Waals surface area contributed by atoms with E-state index in [4.69, 9.17) is 0 Å². The third-order valence-corrected chi connectivity index (χ3v) is 3.74. The maximum absolute atomic E-state index is 11.9. The Morgan fingerprint density at radius 2 is 2.25 bits per heavy atom. The number of aromatic nitrogens is 2. The highest BCUT2D eigenvalue weighted by atomic mass is 16.1. The van der Waals surface area contributed by atoms with E-state index in [2.05, 4.69) is 14.5 Å². The SMILES string of the molecule is O=C1CCCCC1N1CCn2ccnc2C1. The van der Waals surface area contributed by atoms with Crippen LogP contribution in [0.5, 0.6) is 0 Å². The lowest BCUT2D eigenvalue weighted by molar-refractivity contribution is -0.126. The van der Waals surface area contributed by atoms with E-state index in [9.17, 15) is 4.79 Å². The minimum absolute atomic E-state index is 0.166. The summed E-state index contributed by atoms with van der Waals surface area (Å²) in [5.74, 6) is 1.54. The van der Waals surface area contributed by atoms with Crippen molar-refractivity contribution in [3.05, 3.63) is 18.2 Å². The summed E-state index contributed by atoms with van der Waals surface area (Å²) in [7, 11) is 0. The Morgan fingerprint density at radius 3 is 3.12 bits per heavy atom. The Morgan fingerprint density at radius 1 is 1.31 bits per heavy atom. The molecule has 2 heterocycles. The average Bonchev–Trinajstić information content (AvgIpc) is 2.76. The van der Waals surface area contributed by atoms with Crippen LogP contribution in [0.25, 0.3) is 0 Å². The van der Waals surface area contributed by atoms with E-state index >= 15 is 0 Å². The van der Waals surface area contributed by atoms with Gasteiger partial charge in [-0.15, -0.1) is 0 Å². The molecule has 1 unspecified atom stereocenters. The first-order valence-electron chi connectivity index (χ1n) is 6.11. The Balaban J connectivity index is 1.75. The fourth-order valence-corrected chi connectivity index (χ4v) is 2.81. The first kappa shape index (κ1) is 10.0. The number of hydrogen-bond donors (Lipinski definition) is 0. The Labute approximate surface area is 95.3 Å². The van der Waals surface area contributed by atoms with Crippen molar-refractivity contribution in [1.29, 1.82) is 0 Å². The molecule has 0 amide bonds. The van der Waals surface area contributed by atoms with Crippen molar-refractivity contribution in [1.82, 2.24) is 14.5 Å². The summed E-state index contributed by atoms with van der Waals surface area (Å²) in [6.45, 7) is 2.79. The molecule has 0 saturated heterocycles. The second-order valence-electron chi connectivity index (χ2n) is 4.74. The van der Waals surface area contributed by atoms with Crippen LogP contribution < -0.4 is 0 Å². The molecule has 1 atom stereocenters. The highest BCUT2D eigenvalue weighted by molar-refractivity contribution is 5.84. The zero-order valence-corrected chi connectivity index (χ0v) is 9.43. The second kappa shape index (κ2) is 4.01. The molecule has 0 radical (unpaired) electrons. The summed E-state index contributed by atoms with van der Waals surface area (Å²) < 4.78 is 2.18. The van der Waals surface area contributed by atoms with Crippen LogP contribution in [0.15, 0.2) is 12.4 Å². The summed E-state index contributed by atoms with van der Waals surface area (Å²) in [6.07, 6.45) is 7.96. The molecule has 4 heteroatoms. The van der Waals surface area contributed by atoms with Gasteiger partial charge in [-0.3, -0.25) is 9.69 Å². The Kier molecular flexibility index (Phi) is 2.52. The van der Waals surface area contributed by atoms with Crippen LogP contribution in [0.1, 0.15) is 31.5 Å². The third-order valence-electron chi connectivity index (χ3n) is 3.74. The number of fused-ring (bicyclic) bond motifs is 1. The molecule has 0 spiro atoms. The van der Waals surface area contributed by atoms with Gasteiger partial charge in [-0.25, -0.2) is 4.98 Å². The summed E-state index contributed by atoms with van der Waals surface area (Å²) in [6, 6.07) is 0.166. The molecule has 0 bridgehead atoms. The molecule has 16 heavy (non-hydrogen) atoms. The molecule has 3 rings (SSSR count). The van der Waals surface area contributed by atoms with E-state index in [1.807, 2.05) is 12.4 Å². The summed E-state index contributed by atoms with van der Waals surface area (Å²) in [4.78, 5) is 18.5. The summed E-state index contributed by atoms with van der Waals surface area (Å²) in [5, 5.41) is 0. The maximum Gasteiger partial charge on any atom is 0.149 e. The minimum Gasteiger partial charge on any atom is -0.333 e. The van der Waals surface area contributed by atoms with Crippen molar-refractivity contribution in [2.24, 2.45) is 0 Å². The standard InChI is InChI=1S/C12H17N3O/c16-11-4-2-1-3-10(11)15-8-7-14-6-5-13-12(14)9-15/h5-6,10H,1-4,7-9H2. The smallest absolute Gasteiger partial charge is 0.149 e. The number of carbonyl (C=O) groups excluding carboxylic acids is 1. The van der Waals surface area contributed by atoms with Gasteiger partial charge in [0.25, 0.3) is 0 Å². The van der Waals surface area contributed by atoms with Crippen molar-refractivity contribution < 1.29 is 4.79 Å². The molecule has 86 valence electrons. The minimum atomic E-state index is 0.166. The van der Waals surface area contributed by atoms with Crippen molar-refractivity contribution >= 4 is 5.78 Å². The first-order chi connectivity index (χ1) is 7.84. The maximum atomic E-state index is 11.9. The first-order valence-corrected chi connectivity index (χ1v) is 6.11. The number of imidazole rings is 1. The third kappa shape index (κ3) is 1.67. The van der Waals surface area contributed by atoms with Crippen molar-refractivity contribution in [3.63, 3.8) is 0 Å². The van der Waals surface area contributed by atoms with Crippen molar-refractivity contribution in [2.45, 2.75) is 44.8 Å². The number of carbonyl (C=O) groups is 1. The monoisotopic (exact) mass is 219 g/mol. The van der Waals surface area contributed by atoms with Crippen LogP contribution in [-0.2, 0) is 17.9 Å². The predicted octanol–water partition coefficient (Wildman–Crippen LogP) is 1.21. The largest absolute Gasteiger partial charge is 0.333 e. The second-order valence-corrected chi connectivity index (χ2v) is 4.74. The van der Waals surface area contributed by atoms with Crippen LogP contribution in [-0.4, -0.2) is 32.8 Å². The van der Waals surface area contributed by atoms with Crippen LogP contribution in [0.3, 0.4) is 0 Å². The number of nitrogens with zero attached hydrogens (tertiary/aromatic N) is 3. The molecular weight excluding hydrogens is 202 g/mol. The molecule has 2 aliphatic rings. The number of hydrogen-bond acceptors (Lipinski definition) is 3. The van der Waals surface area contributed by atoms with E-state index in [0.717, 1.165) is 44.7 Å². The molecule has 1 aromatic rings. The highest BCUT2D eigenvalue weighted by Gasteiger charge is 2.30. The molecule has 1 aliphatic carbocycles. The van der Waals surface area contributed by atoms with Gasteiger partial charge in [0.05, 0.1) is 12.6 Å². The summed E-state index contributed by atoms with van der Waals surface area (Å²) >= 11 is 0. The molecule has 1 saturated carbocycles. The normalized spacial score (nSPS) is 26.8. The van der Waals surface area contributed by atoms with E-state index in [1.165, 1.54) is 6.42 Å². The highest BCUT2D eigenvalue weighted by Crippen LogP contribution is 2.23. The van der Waals surface area contributed by atoms with Gasteiger partial charge in [-0.05, 0) is 12.8 Å². The quantitative estimate of drug-likeness (QED) is 0.712. The topological polar surface area (TPSA) is 38.1 Å². The molecule has 1 fully saturated rings. The van der Waals surface area contributed by atoms with Crippen LogP contribution >= 0.6 is 0 Å². The van der Waals surface area contributed by atoms with Crippen molar-refractivity contribution in [3.8, 4) is 0 Å². The van der Waals surface area contributed by atoms with Gasteiger partial charge in [0.15, 0.2) is 0 Å². The van der Waals surface area contributed by atoms with Gasteiger partial charge >= 0.3 is 0 Å². The number of Topliss-reactive ketones (excluding diaryl/α,β-unsaturated/α-hetero) is 1. The van der Waals surface area contributed by atoms with E-state index in [0.29, 0.717) is 5.78 Å². The van der Waals surface area contributed by atoms with Gasteiger partial charge in [0, 0.05) is 31.9 Å². The van der Waals surface area contributed by atoms with Crippen LogP contribution in [0.2, 0.25) is 0 Å². The van der Waals surface area contributed by atoms with Gasteiger partial charge in [0.2, 0.25) is 0 Å². The van der Waals surface area contributed by atoms with E-state index < -0.39 is 0 Å².